The molecule has 0 radical (unpaired) electrons. The maximum Gasteiger partial charge on any atom is 0.573 e. The van der Waals surface area contributed by atoms with E-state index in [2.05, 4.69) is 9.72 Å². The number of hydrogen-bond donors (Lipinski definition) is 0. The molecule has 19 heavy (non-hydrogen) atoms. The van der Waals surface area contributed by atoms with Crippen molar-refractivity contribution < 1.29 is 35.6 Å². The second kappa shape index (κ2) is 4.77. The van der Waals surface area contributed by atoms with Gasteiger partial charge in [0.1, 0.15) is 0 Å². The number of ether oxygens (including phenoxy) is 1. The fraction of sp³-hybridized carbons (Fsp3) is 0.167. The van der Waals surface area contributed by atoms with Gasteiger partial charge in [-0.1, -0.05) is 0 Å². The smallest absolute Gasteiger partial charge is 0.395 e. The van der Waals surface area contributed by atoms with E-state index in [-0.39, 0.29) is 6.07 Å². The van der Waals surface area contributed by atoms with E-state index in [0.29, 0.717) is 0 Å². The monoisotopic (exact) mass is 324 g/mol. The van der Waals surface area contributed by atoms with E-state index in [1.807, 2.05) is 0 Å². The SMILES string of the molecule is O=[N+]([O-])c1cc(F)nc(S(=O)(=O)Cl)c1OC(F)(F)F. The highest BCUT2D eigenvalue weighted by Crippen LogP contribution is 2.38. The van der Waals surface area contributed by atoms with Crippen LogP contribution in [-0.2, 0) is 9.05 Å². The lowest BCUT2D eigenvalue weighted by molar-refractivity contribution is -0.389. The Balaban J connectivity index is 3.67. The van der Waals surface area contributed by atoms with Gasteiger partial charge < -0.3 is 4.74 Å². The summed E-state index contributed by atoms with van der Waals surface area (Å²) in [5.41, 5.74) is -1.58. The van der Waals surface area contributed by atoms with E-state index in [4.69, 9.17) is 10.7 Å². The molecule has 0 saturated carbocycles. The van der Waals surface area contributed by atoms with Crippen LogP contribution in [-0.4, -0.2) is 24.7 Å². The second-order valence-corrected chi connectivity index (χ2v) is 5.32. The second-order valence-electron chi connectivity index (χ2n) is 2.84. The fourth-order valence-electron chi connectivity index (χ4n) is 0.981. The van der Waals surface area contributed by atoms with E-state index < -0.39 is 42.7 Å². The summed E-state index contributed by atoms with van der Waals surface area (Å²) in [6.07, 6.45) is -5.46. The molecule has 1 aromatic rings. The number of rotatable bonds is 3. The summed E-state index contributed by atoms with van der Waals surface area (Å²) in [5, 5.41) is 8.73. The summed E-state index contributed by atoms with van der Waals surface area (Å²) in [4.78, 5) is 11.5. The van der Waals surface area contributed by atoms with Gasteiger partial charge in [0.05, 0.1) is 11.0 Å². The highest BCUT2D eigenvalue weighted by Gasteiger charge is 2.39. The highest BCUT2D eigenvalue weighted by molar-refractivity contribution is 8.13. The summed E-state index contributed by atoms with van der Waals surface area (Å²) in [7, 11) is -0.278. The van der Waals surface area contributed by atoms with Crippen molar-refractivity contribution in [2.24, 2.45) is 0 Å². The summed E-state index contributed by atoms with van der Waals surface area (Å²) >= 11 is 0. The van der Waals surface area contributed by atoms with Crippen molar-refractivity contribution in [2.45, 2.75) is 11.4 Å². The number of nitrogens with zero attached hydrogens (tertiary/aromatic N) is 2. The van der Waals surface area contributed by atoms with Crippen LogP contribution in [0.3, 0.4) is 0 Å². The van der Waals surface area contributed by atoms with Crippen molar-refractivity contribution in [1.82, 2.24) is 4.98 Å². The van der Waals surface area contributed by atoms with Crippen LogP contribution in [0.4, 0.5) is 23.2 Å². The van der Waals surface area contributed by atoms with E-state index in [9.17, 15) is 36.1 Å². The summed E-state index contributed by atoms with van der Waals surface area (Å²) in [6, 6.07) is -0.0351. The van der Waals surface area contributed by atoms with Gasteiger partial charge in [-0.25, -0.2) is 13.4 Å². The molecule has 1 rings (SSSR count). The van der Waals surface area contributed by atoms with Crippen LogP contribution in [0, 0.1) is 16.1 Å². The van der Waals surface area contributed by atoms with E-state index in [0.717, 1.165) is 0 Å². The molecule has 0 aliphatic carbocycles. The molecule has 106 valence electrons. The average Bonchev–Trinajstić information content (AvgIpc) is 2.16. The minimum absolute atomic E-state index is 0.0351. The number of nitro groups is 1. The Kier molecular flexibility index (Phi) is 3.86. The van der Waals surface area contributed by atoms with Gasteiger partial charge in [-0.2, -0.15) is 4.39 Å². The van der Waals surface area contributed by atoms with Crippen molar-refractivity contribution in [3.63, 3.8) is 0 Å². The topological polar surface area (TPSA) is 99.4 Å². The third-order valence-electron chi connectivity index (χ3n) is 1.54. The van der Waals surface area contributed by atoms with Gasteiger partial charge in [0.15, 0.2) is 0 Å². The molecule has 0 aliphatic heterocycles. The minimum Gasteiger partial charge on any atom is -0.395 e. The third kappa shape index (κ3) is 3.89. The standard InChI is InChI=1S/C6HClF4N2O5S/c7-19(16,17)5-4(18-6(9,10)11)2(13(14)15)1-3(8)12-5/h1H. The summed E-state index contributed by atoms with van der Waals surface area (Å²) in [6.45, 7) is 0. The Hall–Kier alpha value is -1.69. The molecule has 0 atom stereocenters. The largest absolute Gasteiger partial charge is 0.573 e. The average molecular weight is 325 g/mol. The lowest BCUT2D eigenvalue weighted by Crippen LogP contribution is -2.20. The molecule has 1 heterocycles. The molecule has 0 bridgehead atoms. The minimum atomic E-state index is -5.46. The number of aromatic nitrogens is 1. The Labute approximate surface area is 106 Å². The van der Waals surface area contributed by atoms with Crippen LogP contribution in [0.1, 0.15) is 0 Å². The molecular formula is C6HClF4N2O5S. The van der Waals surface area contributed by atoms with Gasteiger partial charge in [-0.05, 0) is 0 Å². The molecule has 0 aliphatic rings. The third-order valence-corrected chi connectivity index (χ3v) is 2.71. The first-order valence-electron chi connectivity index (χ1n) is 3.97. The maximum absolute atomic E-state index is 12.9. The maximum atomic E-state index is 12.9. The molecule has 0 saturated heterocycles. The molecule has 0 fully saturated rings. The molecule has 1 aromatic heterocycles. The summed E-state index contributed by atoms with van der Waals surface area (Å²) in [5.74, 6) is -3.52. The van der Waals surface area contributed by atoms with Crippen molar-refractivity contribution >= 4 is 25.4 Å². The normalized spacial score (nSPS) is 12.3. The van der Waals surface area contributed by atoms with Gasteiger partial charge in [0.2, 0.25) is 16.7 Å². The molecule has 13 heteroatoms. The Morgan fingerprint density at radius 2 is 1.95 bits per heavy atom. The highest BCUT2D eigenvalue weighted by atomic mass is 35.7. The van der Waals surface area contributed by atoms with Crippen LogP contribution < -0.4 is 4.74 Å². The van der Waals surface area contributed by atoms with Crippen molar-refractivity contribution in [2.75, 3.05) is 0 Å². The first-order valence-corrected chi connectivity index (χ1v) is 6.28. The molecule has 0 aromatic carbocycles. The number of pyridine rings is 1. The zero-order valence-electron chi connectivity index (χ0n) is 8.31. The van der Waals surface area contributed by atoms with Crippen LogP contribution in [0.25, 0.3) is 0 Å². The zero-order valence-corrected chi connectivity index (χ0v) is 9.88. The van der Waals surface area contributed by atoms with Gasteiger partial charge >= 0.3 is 12.0 Å². The molecule has 0 spiro atoms. The van der Waals surface area contributed by atoms with E-state index in [1.54, 1.807) is 0 Å². The lowest BCUT2D eigenvalue weighted by atomic mass is 10.4. The predicted octanol–water partition coefficient (Wildman–Crippen LogP) is 1.95. The predicted molar refractivity (Wildman–Crippen MR) is 50.6 cm³/mol. The number of alkyl halides is 3. The molecular weight excluding hydrogens is 324 g/mol. The first-order chi connectivity index (χ1) is 8.42. The number of hydrogen-bond acceptors (Lipinski definition) is 6. The molecule has 0 N–H and O–H groups in total. The zero-order chi connectivity index (χ0) is 15.0. The number of halogens is 5. The van der Waals surface area contributed by atoms with Gasteiger partial charge in [-0.15, -0.1) is 13.2 Å². The van der Waals surface area contributed by atoms with Crippen LogP contribution >= 0.6 is 10.7 Å². The quantitative estimate of drug-likeness (QED) is 0.277. The van der Waals surface area contributed by atoms with Crippen molar-refractivity contribution in [3.8, 4) is 5.75 Å². The van der Waals surface area contributed by atoms with Gasteiger partial charge in [0, 0.05) is 10.7 Å². The summed E-state index contributed by atoms with van der Waals surface area (Å²) < 4.78 is 74.0. The Bertz CT molecular complexity index is 631. The van der Waals surface area contributed by atoms with E-state index >= 15 is 0 Å². The van der Waals surface area contributed by atoms with Crippen molar-refractivity contribution in [1.29, 1.82) is 0 Å². The lowest BCUT2D eigenvalue weighted by Gasteiger charge is -2.11. The molecule has 0 unspecified atom stereocenters. The van der Waals surface area contributed by atoms with Gasteiger partial charge in [-0.3, -0.25) is 10.1 Å². The molecule has 0 amide bonds. The Morgan fingerprint density at radius 3 is 2.32 bits per heavy atom. The molecule has 7 nitrogen and oxygen atoms in total. The van der Waals surface area contributed by atoms with Crippen molar-refractivity contribution in [3.05, 3.63) is 22.1 Å². The van der Waals surface area contributed by atoms with Crippen LogP contribution in [0.5, 0.6) is 5.75 Å². The Morgan fingerprint density at radius 1 is 1.42 bits per heavy atom. The van der Waals surface area contributed by atoms with Crippen LogP contribution in [0.15, 0.2) is 11.1 Å². The van der Waals surface area contributed by atoms with Crippen LogP contribution in [0.2, 0.25) is 0 Å². The van der Waals surface area contributed by atoms with Gasteiger partial charge in [0.25, 0.3) is 9.05 Å². The fourth-order valence-corrected chi connectivity index (χ4v) is 1.86. The van der Waals surface area contributed by atoms with E-state index in [1.165, 1.54) is 0 Å². The first kappa shape index (κ1) is 15.4.